The van der Waals surface area contributed by atoms with Crippen molar-refractivity contribution in [3.8, 4) is 0 Å². The standard InChI is InChI=1S/C24H27ClFN3O2.ClH/c1-28-12-10-19(11-13-28)29(24(31)16-4-2-5-16)20-7-3-6-18(15-20)27-23(30)21-9-8-17(26)14-22(21)25;/h3,6-9,14-16,19H,2,4-5,10-13H2,1H3,(H,27,30);1H. The van der Waals surface area contributed by atoms with Crippen molar-refractivity contribution >= 4 is 47.2 Å². The van der Waals surface area contributed by atoms with Gasteiger partial charge in [0.15, 0.2) is 0 Å². The van der Waals surface area contributed by atoms with Crippen molar-refractivity contribution in [2.24, 2.45) is 5.92 Å². The Morgan fingerprint density at radius 3 is 2.44 bits per heavy atom. The highest BCUT2D eigenvalue weighted by Gasteiger charge is 2.35. The van der Waals surface area contributed by atoms with Gasteiger partial charge < -0.3 is 15.1 Å². The van der Waals surface area contributed by atoms with E-state index in [1.54, 1.807) is 6.07 Å². The van der Waals surface area contributed by atoms with Crippen LogP contribution in [0, 0.1) is 11.7 Å². The van der Waals surface area contributed by atoms with E-state index in [2.05, 4.69) is 17.3 Å². The van der Waals surface area contributed by atoms with Crippen molar-refractivity contribution in [3.05, 3.63) is 58.9 Å². The normalized spacial score (nSPS) is 17.2. The van der Waals surface area contributed by atoms with Crippen molar-refractivity contribution in [2.45, 2.75) is 38.1 Å². The first kappa shape index (κ1) is 24.5. The monoisotopic (exact) mass is 479 g/mol. The summed E-state index contributed by atoms with van der Waals surface area (Å²) in [6.45, 7) is 1.91. The van der Waals surface area contributed by atoms with Crippen molar-refractivity contribution < 1.29 is 14.0 Å². The van der Waals surface area contributed by atoms with Gasteiger partial charge in [-0.1, -0.05) is 24.1 Å². The Morgan fingerprint density at radius 2 is 1.81 bits per heavy atom. The van der Waals surface area contributed by atoms with Gasteiger partial charge in [0.1, 0.15) is 5.82 Å². The maximum atomic E-state index is 13.3. The van der Waals surface area contributed by atoms with Gasteiger partial charge in [0, 0.05) is 23.3 Å². The molecule has 0 radical (unpaired) electrons. The number of likely N-dealkylation sites (tertiary alicyclic amines) is 1. The summed E-state index contributed by atoms with van der Waals surface area (Å²) in [6, 6.07) is 11.2. The number of hydrogen-bond donors (Lipinski definition) is 1. The number of anilines is 2. The van der Waals surface area contributed by atoms with Crippen molar-refractivity contribution in [1.82, 2.24) is 4.90 Å². The molecule has 1 aliphatic carbocycles. The molecule has 0 spiro atoms. The summed E-state index contributed by atoms with van der Waals surface area (Å²) >= 11 is 6.03. The smallest absolute Gasteiger partial charge is 0.257 e. The molecular weight excluding hydrogens is 452 g/mol. The first-order valence-electron chi connectivity index (χ1n) is 10.8. The van der Waals surface area contributed by atoms with Gasteiger partial charge in [0.05, 0.1) is 10.6 Å². The number of amides is 2. The molecule has 0 atom stereocenters. The summed E-state index contributed by atoms with van der Waals surface area (Å²) in [6.07, 6.45) is 4.85. The fourth-order valence-electron chi connectivity index (χ4n) is 4.23. The molecule has 32 heavy (non-hydrogen) atoms. The summed E-state index contributed by atoms with van der Waals surface area (Å²) in [4.78, 5) is 30.2. The first-order valence-corrected chi connectivity index (χ1v) is 11.2. The number of carbonyl (C=O) groups is 2. The molecule has 2 aromatic carbocycles. The lowest BCUT2D eigenvalue weighted by Gasteiger charge is -2.40. The number of nitrogens with one attached hydrogen (secondary N) is 1. The number of benzene rings is 2. The van der Waals surface area contributed by atoms with Crippen LogP contribution in [0.2, 0.25) is 5.02 Å². The summed E-state index contributed by atoms with van der Waals surface area (Å²) in [5.41, 5.74) is 1.57. The van der Waals surface area contributed by atoms with Gasteiger partial charge in [0.25, 0.3) is 5.91 Å². The lowest BCUT2D eigenvalue weighted by Crippen LogP contribution is -2.49. The van der Waals surface area contributed by atoms with Crippen molar-refractivity contribution in [2.75, 3.05) is 30.4 Å². The molecule has 1 heterocycles. The largest absolute Gasteiger partial charge is 0.322 e. The predicted octanol–water partition coefficient (Wildman–Crippen LogP) is 5.38. The second kappa shape index (κ2) is 10.6. The van der Waals surface area contributed by atoms with E-state index in [0.29, 0.717) is 5.69 Å². The number of nitrogens with zero attached hydrogens (tertiary/aromatic N) is 2. The van der Waals surface area contributed by atoms with Crippen LogP contribution in [0.4, 0.5) is 15.8 Å². The molecular formula is C24H28Cl2FN3O2. The number of piperidine rings is 1. The van der Waals surface area contributed by atoms with Gasteiger partial charge in [-0.25, -0.2) is 4.39 Å². The first-order chi connectivity index (χ1) is 14.9. The summed E-state index contributed by atoms with van der Waals surface area (Å²) in [5.74, 6) is -0.632. The molecule has 4 rings (SSSR count). The van der Waals surface area contributed by atoms with Crippen LogP contribution in [0.1, 0.15) is 42.5 Å². The lowest BCUT2D eigenvalue weighted by molar-refractivity contribution is -0.125. The number of hydrogen-bond acceptors (Lipinski definition) is 3. The topological polar surface area (TPSA) is 52.6 Å². The fraction of sp³-hybridized carbons (Fsp3) is 0.417. The third kappa shape index (κ3) is 5.42. The van der Waals surface area contributed by atoms with Gasteiger partial charge in [-0.3, -0.25) is 9.59 Å². The highest BCUT2D eigenvalue weighted by atomic mass is 35.5. The Kier molecular flexibility index (Phi) is 8.15. The zero-order chi connectivity index (χ0) is 22.0. The number of carbonyl (C=O) groups excluding carboxylic acids is 2. The Labute approximate surface area is 199 Å². The van der Waals surface area contributed by atoms with Crippen LogP contribution in [-0.2, 0) is 4.79 Å². The minimum Gasteiger partial charge on any atom is -0.322 e. The average molecular weight is 480 g/mol. The number of rotatable bonds is 5. The average Bonchev–Trinajstić information content (AvgIpc) is 2.68. The van der Waals surface area contributed by atoms with E-state index in [0.717, 1.165) is 56.9 Å². The molecule has 0 unspecified atom stereocenters. The van der Waals surface area contributed by atoms with Gasteiger partial charge in [-0.2, -0.15) is 0 Å². The van der Waals surface area contributed by atoms with E-state index in [9.17, 15) is 14.0 Å². The third-order valence-electron chi connectivity index (χ3n) is 6.30. The molecule has 1 saturated carbocycles. The Morgan fingerprint density at radius 1 is 1.09 bits per heavy atom. The minimum absolute atomic E-state index is 0. The quantitative estimate of drug-likeness (QED) is 0.625. The Balaban J connectivity index is 0.00000289. The summed E-state index contributed by atoms with van der Waals surface area (Å²) < 4.78 is 13.3. The molecule has 2 aliphatic rings. The predicted molar refractivity (Wildman–Crippen MR) is 128 cm³/mol. The van der Waals surface area contributed by atoms with Crippen LogP contribution in [0.15, 0.2) is 42.5 Å². The molecule has 2 amide bonds. The maximum absolute atomic E-state index is 13.3. The highest BCUT2D eigenvalue weighted by Crippen LogP contribution is 2.34. The zero-order valence-corrected chi connectivity index (χ0v) is 19.6. The van der Waals surface area contributed by atoms with E-state index in [1.807, 2.05) is 23.1 Å². The van der Waals surface area contributed by atoms with Crippen LogP contribution >= 0.6 is 24.0 Å². The van der Waals surface area contributed by atoms with Gasteiger partial charge in [-0.05, 0) is 82.2 Å². The van der Waals surface area contributed by atoms with Crippen LogP contribution in [0.3, 0.4) is 0 Å². The molecule has 2 fully saturated rings. The van der Waals surface area contributed by atoms with E-state index < -0.39 is 11.7 Å². The fourth-order valence-corrected chi connectivity index (χ4v) is 4.48. The van der Waals surface area contributed by atoms with Crippen LogP contribution in [0.5, 0.6) is 0 Å². The Bertz CT molecular complexity index is 975. The molecule has 1 saturated heterocycles. The molecule has 0 aromatic heterocycles. The van der Waals surface area contributed by atoms with Crippen molar-refractivity contribution in [3.63, 3.8) is 0 Å². The van der Waals surface area contributed by atoms with Crippen LogP contribution in [0.25, 0.3) is 0 Å². The van der Waals surface area contributed by atoms with Crippen LogP contribution in [-0.4, -0.2) is 42.9 Å². The van der Waals surface area contributed by atoms with Gasteiger partial charge in [-0.15, -0.1) is 12.4 Å². The summed E-state index contributed by atoms with van der Waals surface area (Å²) in [7, 11) is 2.10. The SMILES string of the molecule is CN1CCC(N(C(=O)C2CCC2)c2cccc(NC(=O)c3ccc(F)cc3Cl)c2)CC1.Cl. The maximum Gasteiger partial charge on any atom is 0.257 e. The third-order valence-corrected chi connectivity index (χ3v) is 6.62. The Hall–Kier alpha value is -2.15. The molecule has 172 valence electrons. The lowest BCUT2D eigenvalue weighted by atomic mass is 9.83. The highest BCUT2D eigenvalue weighted by molar-refractivity contribution is 6.34. The summed E-state index contributed by atoms with van der Waals surface area (Å²) in [5, 5.41) is 2.89. The van der Waals surface area contributed by atoms with E-state index in [-0.39, 0.29) is 40.9 Å². The van der Waals surface area contributed by atoms with Gasteiger partial charge in [0.2, 0.25) is 5.91 Å². The molecule has 5 nitrogen and oxygen atoms in total. The van der Waals surface area contributed by atoms with E-state index in [4.69, 9.17) is 11.6 Å². The van der Waals surface area contributed by atoms with E-state index >= 15 is 0 Å². The second-order valence-corrected chi connectivity index (χ2v) is 8.91. The van der Waals surface area contributed by atoms with E-state index in [1.165, 1.54) is 12.1 Å². The second-order valence-electron chi connectivity index (χ2n) is 8.50. The molecule has 8 heteroatoms. The molecule has 1 N–H and O–H groups in total. The molecule has 2 aromatic rings. The minimum atomic E-state index is -0.494. The van der Waals surface area contributed by atoms with Gasteiger partial charge >= 0.3 is 0 Å². The van der Waals surface area contributed by atoms with Crippen molar-refractivity contribution in [1.29, 1.82) is 0 Å². The van der Waals surface area contributed by atoms with Crippen LogP contribution < -0.4 is 10.2 Å². The molecule has 0 bridgehead atoms. The number of halogens is 3. The zero-order valence-electron chi connectivity index (χ0n) is 18.0. The molecule has 1 aliphatic heterocycles.